The van der Waals surface area contributed by atoms with Gasteiger partial charge in [-0.2, -0.15) is 0 Å². The van der Waals surface area contributed by atoms with Crippen molar-refractivity contribution in [2.45, 2.75) is 33.6 Å². The number of carbonyl (C=O) groups is 2. The average molecular weight is 366 g/mol. The van der Waals surface area contributed by atoms with Gasteiger partial charge < -0.3 is 4.74 Å². The van der Waals surface area contributed by atoms with Crippen molar-refractivity contribution in [3.63, 3.8) is 0 Å². The SMILES string of the molecule is Cc1cc(C)cc(OCC(=O)NNC(=O)/C=C/c2ccc(C(C)C)cc2)c1. The number of hydrazine groups is 1. The fourth-order valence-corrected chi connectivity index (χ4v) is 2.54. The van der Waals surface area contributed by atoms with Crippen molar-refractivity contribution < 1.29 is 14.3 Å². The van der Waals surface area contributed by atoms with Gasteiger partial charge in [0, 0.05) is 6.08 Å². The van der Waals surface area contributed by atoms with Gasteiger partial charge in [-0.25, -0.2) is 0 Å². The maximum Gasteiger partial charge on any atom is 0.276 e. The third-order valence-electron chi connectivity index (χ3n) is 3.92. The van der Waals surface area contributed by atoms with Crippen molar-refractivity contribution >= 4 is 17.9 Å². The van der Waals surface area contributed by atoms with E-state index >= 15 is 0 Å². The number of benzene rings is 2. The molecule has 0 unspecified atom stereocenters. The second-order valence-electron chi connectivity index (χ2n) is 6.80. The first-order valence-corrected chi connectivity index (χ1v) is 8.91. The van der Waals surface area contributed by atoms with Crippen LogP contribution >= 0.6 is 0 Å². The van der Waals surface area contributed by atoms with E-state index < -0.39 is 11.8 Å². The number of hydrogen-bond donors (Lipinski definition) is 2. The fraction of sp³-hybridized carbons (Fsp3) is 0.273. The molecule has 27 heavy (non-hydrogen) atoms. The van der Waals surface area contributed by atoms with Gasteiger partial charge in [0.2, 0.25) is 0 Å². The minimum Gasteiger partial charge on any atom is -0.484 e. The van der Waals surface area contributed by atoms with Crippen LogP contribution < -0.4 is 15.6 Å². The summed E-state index contributed by atoms with van der Waals surface area (Å²) in [7, 11) is 0. The van der Waals surface area contributed by atoms with Crippen molar-refractivity contribution in [3.05, 3.63) is 70.8 Å². The molecule has 0 atom stereocenters. The molecule has 0 spiro atoms. The number of hydrogen-bond acceptors (Lipinski definition) is 3. The number of amides is 2. The van der Waals surface area contributed by atoms with E-state index in [1.165, 1.54) is 11.6 Å². The highest BCUT2D eigenvalue weighted by Crippen LogP contribution is 2.16. The molecule has 0 aliphatic rings. The largest absolute Gasteiger partial charge is 0.484 e. The third-order valence-corrected chi connectivity index (χ3v) is 3.92. The normalized spacial score (nSPS) is 10.9. The van der Waals surface area contributed by atoms with E-state index in [9.17, 15) is 9.59 Å². The Kier molecular flexibility index (Phi) is 7.17. The zero-order valence-corrected chi connectivity index (χ0v) is 16.2. The highest BCUT2D eigenvalue weighted by atomic mass is 16.5. The van der Waals surface area contributed by atoms with E-state index in [0.29, 0.717) is 11.7 Å². The van der Waals surface area contributed by atoms with E-state index in [-0.39, 0.29) is 6.61 Å². The molecule has 0 saturated heterocycles. The topological polar surface area (TPSA) is 67.4 Å². The van der Waals surface area contributed by atoms with Crippen molar-refractivity contribution in [3.8, 4) is 5.75 Å². The molecule has 0 aromatic heterocycles. The second kappa shape index (κ2) is 9.57. The van der Waals surface area contributed by atoms with Gasteiger partial charge in [-0.05, 0) is 60.2 Å². The number of ether oxygens (including phenoxy) is 1. The van der Waals surface area contributed by atoms with Gasteiger partial charge in [0.15, 0.2) is 6.61 Å². The van der Waals surface area contributed by atoms with Crippen molar-refractivity contribution in [2.24, 2.45) is 0 Å². The lowest BCUT2D eigenvalue weighted by atomic mass is 10.0. The lowest BCUT2D eigenvalue weighted by molar-refractivity contribution is -0.128. The molecule has 5 heteroatoms. The van der Waals surface area contributed by atoms with Crippen molar-refractivity contribution in [2.75, 3.05) is 6.61 Å². The van der Waals surface area contributed by atoms with Gasteiger partial charge in [-0.15, -0.1) is 0 Å². The minimum absolute atomic E-state index is 0.177. The molecular formula is C22H26N2O3. The van der Waals surface area contributed by atoms with Gasteiger partial charge in [0.05, 0.1) is 0 Å². The predicted octanol–water partition coefficient (Wildman–Crippen LogP) is 3.67. The number of carbonyl (C=O) groups excluding carboxylic acids is 2. The minimum atomic E-state index is -0.433. The summed E-state index contributed by atoms with van der Waals surface area (Å²) in [5.41, 5.74) is 8.94. The van der Waals surface area contributed by atoms with Crippen LogP contribution in [0.15, 0.2) is 48.5 Å². The van der Waals surface area contributed by atoms with E-state index in [2.05, 4.69) is 24.7 Å². The molecule has 0 bridgehead atoms. The maximum absolute atomic E-state index is 11.8. The summed E-state index contributed by atoms with van der Waals surface area (Å²) in [6.45, 7) is 8.00. The molecule has 2 amide bonds. The summed E-state index contributed by atoms with van der Waals surface area (Å²) in [6.07, 6.45) is 3.06. The second-order valence-corrected chi connectivity index (χ2v) is 6.80. The number of aryl methyl sites for hydroxylation is 2. The van der Waals surface area contributed by atoms with E-state index in [4.69, 9.17) is 4.74 Å². The number of nitrogens with one attached hydrogen (secondary N) is 2. The van der Waals surface area contributed by atoms with Gasteiger partial charge in [-0.1, -0.05) is 44.2 Å². The molecule has 2 rings (SSSR count). The van der Waals surface area contributed by atoms with Crippen LogP contribution in [0.5, 0.6) is 5.75 Å². The monoisotopic (exact) mass is 366 g/mol. The Bertz CT molecular complexity index is 804. The average Bonchev–Trinajstić information content (AvgIpc) is 2.62. The predicted molar refractivity (Wildman–Crippen MR) is 107 cm³/mol. The molecule has 5 nitrogen and oxygen atoms in total. The van der Waals surface area contributed by atoms with Crippen LogP contribution in [-0.4, -0.2) is 18.4 Å². The molecule has 2 aromatic carbocycles. The number of rotatable bonds is 6. The molecule has 0 saturated carbocycles. The van der Waals surface area contributed by atoms with Gasteiger partial charge >= 0.3 is 0 Å². The van der Waals surface area contributed by atoms with Crippen LogP contribution in [0, 0.1) is 13.8 Å². The van der Waals surface area contributed by atoms with E-state index in [1.807, 2.05) is 56.3 Å². The summed E-state index contributed by atoms with van der Waals surface area (Å²) in [6, 6.07) is 13.7. The van der Waals surface area contributed by atoms with Gasteiger partial charge in [-0.3, -0.25) is 20.4 Å². The van der Waals surface area contributed by atoms with Crippen molar-refractivity contribution in [1.29, 1.82) is 0 Å². The van der Waals surface area contributed by atoms with E-state index in [1.54, 1.807) is 6.08 Å². The Hall–Kier alpha value is -3.08. The van der Waals surface area contributed by atoms with Crippen LogP contribution in [0.25, 0.3) is 6.08 Å². The van der Waals surface area contributed by atoms with Gasteiger partial charge in [0.25, 0.3) is 11.8 Å². The first-order valence-electron chi connectivity index (χ1n) is 8.91. The summed E-state index contributed by atoms with van der Waals surface area (Å²) in [4.78, 5) is 23.6. The lowest BCUT2D eigenvalue weighted by Gasteiger charge is -2.09. The maximum atomic E-state index is 11.8. The van der Waals surface area contributed by atoms with Crippen LogP contribution in [-0.2, 0) is 9.59 Å². The molecule has 0 aliphatic carbocycles. The summed E-state index contributed by atoms with van der Waals surface area (Å²) >= 11 is 0. The smallest absolute Gasteiger partial charge is 0.276 e. The molecule has 0 fully saturated rings. The zero-order valence-electron chi connectivity index (χ0n) is 16.2. The molecular weight excluding hydrogens is 340 g/mol. The zero-order chi connectivity index (χ0) is 19.8. The molecule has 0 heterocycles. The Morgan fingerprint density at radius 1 is 1.00 bits per heavy atom. The molecule has 2 N–H and O–H groups in total. The summed E-state index contributed by atoms with van der Waals surface area (Å²) < 4.78 is 5.44. The Labute approximate surface area is 160 Å². The molecule has 2 aromatic rings. The first-order chi connectivity index (χ1) is 12.8. The standard InChI is InChI=1S/C22H26N2O3/c1-15(2)19-8-5-18(6-9-19)7-10-21(25)23-24-22(26)14-27-20-12-16(3)11-17(4)13-20/h5-13,15H,14H2,1-4H3,(H,23,25)(H,24,26)/b10-7+. The summed E-state index contributed by atoms with van der Waals surface area (Å²) in [5, 5.41) is 0. The van der Waals surface area contributed by atoms with Crippen LogP contribution in [0.3, 0.4) is 0 Å². The molecule has 142 valence electrons. The Morgan fingerprint density at radius 2 is 1.63 bits per heavy atom. The van der Waals surface area contributed by atoms with Crippen LogP contribution in [0.2, 0.25) is 0 Å². The Morgan fingerprint density at radius 3 is 2.22 bits per heavy atom. The summed E-state index contributed by atoms with van der Waals surface area (Å²) in [5.74, 6) is 0.242. The fourth-order valence-electron chi connectivity index (χ4n) is 2.54. The van der Waals surface area contributed by atoms with Crippen LogP contribution in [0.1, 0.15) is 42.0 Å². The first kappa shape index (κ1) is 20.2. The van der Waals surface area contributed by atoms with E-state index in [0.717, 1.165) is 16.7 Å². The lowest BCUT2D eigenvalue weighted by Crippen LogP contribution is -2.43. The Balaban J connectivity index is 1.76. The molecule has 0 radical (unpaired) electrons. The van der Waals surface area contributed by atoms with Crippen LogP contribution in [0.4, 0.5) is 0 Å². The molecule has 0 aliphatic heterocycles. The van der Waals surface area contributed by atoms with Crippen molar-refractivity contribution in [1.82, 2.24) is 10.9 Å². The van der Waals surface area contributed by atoms with Gasteiger partial charge in [0.1, 0.15) is 5.75 Å². The quantitative estimate of drug-likeness (QED) is 0.605. The highest BCUT2D eigenvalue weighted by molar-refractivity contribution is 5.93. The third kappa shape index (κ3) is 6.98. The highest BCUT2D eigenvalue weighted by Gasteiger charge is 2.05.